The summed E-state index contributed by atoms with van der Waals surface area (Å²) in [6, 6.07) is 6.61. The van der Waals surface area contributed by atoms with E-state index in [2.05, 4.69) is 10.3 Å². The minimum absolute atomic E-state index is 0.316. The van der Waals surface area contributed by atoms with Crippen LogP contribution in [0.3, 0.4) is 0 Å². The number of rotatable bonds is 4. The molecule has 0 aliphatic rings. The molecule has 6 heteroatoms. The van der Waals surface area contributed by atoms with Gasteiger partial charge in [0.25, 0.3) is 0 Å². The number of aliphatic carboxylic acids is 1. The Balaban J connectivity index is 2.13. The summed E-state index contributed by atoms with van der Waals surface area (Å²) in [7, 11) is 1.80. The maximum absolute atomic E-state index is 10.6. The van der Waals surface area contributed by atoms with Crippen LogP contribution >= 0.6 is 0 Å². The molecule has 2 aromatic rings. The first-order valence-corrected chi connectivity index (χ1v) is 5.50. The van der Waals surface area contributed by atoms with E-state index in [0.29, 0.717) is 6.42 Å². The molecule has 3 N–H and O–H groups in total. The molecule has 1 aromatic carbocycles. The minimum Gasteiger partial charge on any atom is -0.480 e. The van der Waals surface area contributed by atoms with Gasteiger partial charge in [0.1, 0.15) is 11.7 Å². The zero-order valence-corrected chi connectivity index (χ0v) is 9.95. The van der Waals surface area contributed by atoms with E-state index in [-0.39, 0.29) is 0 Å². The Labute approximate surface area is 104 Å². The third-order valence-corrected chi connectivity index (χ3v) is 2.63. The first-order valence-electron chi connectivity index (χ1n) is 5.50. The summed E-state index contributed by atoms with van der Waals surface area (Å²) in [4.78, 5) is 10.6. The topological polar surface area (TPSA) is 94.0 Å². The monoisotopic (exact) mass is 246 g/mol. The van der Waals surface area contributed by atoms with Crippen molar-refractivity contribution in [3.8, 4) is 11.3 Å². The number of carbonyl (C=O) groups is 1. The number of benzene rings is 1. The van der Waals surface area contributed by atoms with E-state index in [1.165, 1.54) is 0 Å². The number of hydrogen-bond acceptors (Lipinski definition) is 4. The molecular formula is C12H14N4O2. The molecule has 18 heavy (non-hydrogen) atoms. The fourth-order valence-electron chi connectivity index (χ4n) is 1.63. The van der Waals surface area contributed by atoms with Crippen molar-refractivity contribution < 1.29 is 9.90 Å². The van der Waals surface area contributed by atoms with Crippen LogP contribution in [0.1, 0.15) is 5.56 Å². The second-order valence-corrected chi connectivity index (χ2v) is 4.12. The average molecular weight is 246 g/mol. The third kappa shape index (κ3) is 2.72. The minimum atomic E-state index is -0.993. The Morgan fingerprint density at radius 1 is 1.44 bits per heavy atom. The molecule has 0 bridgehead atoms. The first kappa shape index (κ1) is 12.3. The van der Waals surface area contributed by atoms with Gasteiger partial charge in [-0.25, -0.2) is 0 Å². The van der Waals surface area contributed by atoms with Gasteiger partial charge in [0, 0.05) is 12.6 Å². The second-order valence-electron chi connectivity index (χ2n) is 4.12. The zero-order chi connectivity index (χ0) is 13.1. The highest BCUT2D eigenvalue weighted by atomic mass is 16.4. The SMILES string of the molecule is Cn1cc(-c2ccc(C[C@H](N)C(=O)O)cc2)nn1. The van der Waals surface area contributed by atoms with Gasteiger partial charge in [-0.15, -0.1) is 5.10 Å². The normalized spacial score (nSPS) is 12.3. The average Bonchev–Trinajstić information content (AvgIpc) is 2.76. The standard InChI is InChI=1S/C12H14N4O2/c1-16-7-11(14-15-16)9-4-2-8(3-5-9)6-10(13)12(17)18/h2-5,7,10H,6,13H2,1H3,(H,17,18)/t10-/m0/s1. The lowest BCUT2D eigenvalue weighted by atomic mass is 10.0. The van der Waals surface area contributed by atoms with Crippen LogP contribution in [0.2, 0.25) is 0 Å². The highest BCUT2D eigenvalue weighted by Gasteiger charge is 2.12. The van der Waals surface area contributed by atoms with Gasteiger partial charge in [-0.2, -0.15) is 0 Å². The van der Waals surface area contributed by atoms with Crippen molar-refractivity contribution >= 4 is 5.97 Å². The van der Waals surface area contributed by atoms with E-state index in [4.69, 9.17) is 10.8 Å². The summed E-state index contributed by atoms with van der Waals surface area (Å²) in [5, 5.41) is 16.6. The highest BCUT2D eigenvalue weighted by Crippen LogP contribution is 2.17. The molecule has 2 rings (SSSR count). The molecular weight excluding hydrogens is 232 g/mol. The zero-order valence-electron chi connectivity index (χ0n) is 9.95. The van der Waals surface area contributed by atoms with Crippen molar-refractivity contribution in [2.75, 3.05) is 0 Å². The molecule has 0 unspecified atom stereocenters. The third-order valence-electron chi connectivity index (χ3n) is 2.63. The van der Waals surface area contributed by atoms with Gasteiger partial charge < -0.3 is 10.8 Å². The predicted molar refractivity (Wildman–Crippen MR) is 65.8 cm³/mol. The molecule has 0 saturated carbocycles. The van der Waals surface area contributed by atoms with Gasteiger partial charge in [-0.05, 0) is 12.0 Å². The van der Waals surface area contributed by atoms with Gasteiger partial charge in [0.15, 0.2) is 0 Å². The largest absolute Gasteiger partial charge is 0.480 e. The summed E-state index contributed by atoms with van der Waals surface area (Å²) in [5.74, 6) is -0.993. The molecule has 0 radical (unpaired) electrons. The molecule has 1 atom stereocenters. The second kappa shape index (κ2) is 4.97. The lowest BCUT2D eigenvalue weighted by molar-refractivity contribution is -0.138. The summed E-state index contributed by atoms with van der Waals surface area (Å²) in [6.45, 7) is 0. The van der Waals surface area contributed by atoms with Gasteiger partial charge in [-0.3, -0.25) is 9.48 Å². The fourth-order valence-corrected chi connectivity index (χ4v) is 1.63. The van der Waals surface area contributed by atoms with Crippen LogP contribution in [-0.4, -0.2) is 32.1 Å². The maximum atomic E-state index is 10.6. The number of nitrogens with zero attached hydrogens (tertiary/aromatic N) is 3. The van der Waals surface area contributed by atoms with Crippen LogP contribution in [0.25, 0.3) is 11.3 Å². The number of aryl methyl sites for hydroxylation is 1. The Bertz CT molecular complexity index is 547. The lowest BCUT2D eigenvalue weighted by Gasteiger charge is -2.06. The summed E-state index contributed by atoms with van der Waals surface area (Å²) < 4.78 is 1.63. The van der Waals surface area contributed by atoms with Crippen molar-refractivity contribution in [3.63, 3.8) is 0 Å². The van der Waals surface area contributed by atoms with Crippen molar-refractivity contribution in [1.29, 1.82) is 0 Å². The number of hydrogen-bond donors (Lipinski definition) is 2. The van der Waals surface area contributed by atoms with Crippen molar-refractivity contribution in [3.05, 3.63) is 36.0 Å². The Hall–Kier alpha value is -2.21. The van der Waals surface area contributed by atoms with E-state index in [1.807, 2.05) is 30.5 Å². The van der Waals surface area contributed by atoms with Gasteiger partial charge in [0.05, 0.1) is 6.20 Å². The highest BCUT2D eigenvalue weighted by molar-refractivity contribution is 5.73. The molecule has 1 heterocycles. The van der Waals surface area contributed by atoms with E-state index in [1.54, 1.807) is 11.7 Å². The van der Waals surface area contributed by atoms with E-state index >= 15 is 0 Å². The number of carboxylic acid groups (broad SMARTS) is 1. The van der Waals surface area contributed by atoms with Crippen LogP contribution in [0.4, 0.5) is 0 Å². The van der Waals surface area contributed by atoms with Gasteiger partial charge >= 0.3 is 5.97 Å². The predicted octanol–water partition coefficient (Wildman–Crippen LogP) is 0.436. The van der Waals surface area contributed by atoms with Crippen molar-refractivity contribution in [2.24, 2.45) is 12.8 Å². The van der Waals surface area contributed by atoms with Crippen LogP contribution < -0.4 is 5.73 Å². The summed E-state index contributed by atoms with van der Waals surface area (Å²) >= 11 is 0. The van der Waals surface area contributed by atoms with Gasteiger partial charge in [0.2, 0.25) is 0 Å². The van der Waals surface area contributed by atoms with Crippen molar-refractivity contribution in [1.82, 2.24) is 15.0 Å². The molecule has 0 aliphatic carbocycles. The lowest BCUT2D eigenvalue weighted by Crippen LogP contribution is -2.32. The fraction of sp³-hybridized carbons (Fsp3) is 0.250. The number of nitrogens with two attached hydrogens (primary N) is 1. The van der Waals surface area contributed by atoms with E-state index in [9.17, 15) is 4.79 Å². The smallest absolute Gasteiger partial charge is 0.320 e. The molecule has 0 aliphatic heterocycles. The van der Waals surface area contributed by atoms with E-state index in [0.717, 1.165) is 16.8 Å². The maximum Gasteiger partial charge on any atom is 0.320 e. The van der Waals surface area contributed by atoms with Crippen molar-refractivity contribution in [2.45, 2.75) is 12.5 Å². The molecule has 6 nitrogen and oxygen atoms in total. The van der Waals surface area contributed by atoms with Crippen LogP contribution in [0.5, 0.6) is 0 Å². The molecule has 0 amide bonds. The molecule has 0 spiro atoms. The summed E-state index contributed by atoms with van der Waals surface area (Å²) in [6.07, 6.45) is 2.13. The molecule has 1 aromatic heterocycles. The molecule has 0 saturated heterocycles. The first-order chi connectivity index (χ1) is 8.56. The van der Waals surface area contributed by atoms with E-state index < -0.39 is 12.0 Å². The van der Waals surface area contributed by atoms with Crippen LogP contribution in [0.15, 0.2) is 30.5 Å². The quantitative estimate of drug-likeness (QED) is 0.816. The Morgan fingerprint density at radius 3 is 2.61 bits per heavy atom. The van der Waals surface area contributed by atoms with Gasteiger partial charge in [-0.1, -0.05) is 29.5 Å². The molecule has 94 valence electrons. The Morgan fingerprint density at radius 2 is 2.11 bits per heavy atom. The number of aromatic nitrogens is 3. The summed E-state index contributed by atoms with van der Waals surface area (Å²) in [5.41, 5.74) is 8.09. The Kier molecular flexibility index (Phi) is 3.38. The van der Waals surface area contributed by atoms with Crippen LogP contribution in [0, 0.1) is 0 Å². The number of carboxylic acids is 1. The molecule has 0 fully saturated rings. The van der Waals surface area contributed by atoms with Crippen LogP contribution in [-0.2, 0) is 18.3 Å².